The Hall–Kier alpha value is -2.34. The van der Waals surface area contributed by atoms with Gasteiger partial charge in [-0.05, 0) is 64.4 Å². The SMILES string of the molecule is CN=C(NCCC1CCN(C)CC1)NCc1coc(-c2ccc(C)cc2)n1. The predicted molar refractivity (Wildman–Crippen MR) is 110 cm³/mol. The van der Waals surface area contributed by atoms with Gasteiger partial charge >= 0.3 is 0 Å². The molecule has 0 unspecified atom stereocenters. The number of likely N-dealkylation sites (tertiary alicyclic amines) is 1. The maximum Gasteiger partial charge on any atom is 0.226 e. The first kappa shape index (κ1) is 19.4. The summed E-state index contributed by atoms with van der Waals surface area (Å²) in [5, 5.41) is 6.72. The van der Waals surface area contributed by atoms with Gasteiger partial charge in [0.05, 0.1) is 12.2 Å². The van der Waals surface area contributed by atoms with Gasteiger partial charge in [-0.3, -0.25) is 4.99 Å². The van der Waals surface area contributed by atoms with Gasteiger partial charge in [-0.1, -0.05) is 17.7 Å². The molecule has 0 saturated carbocycles. The van der Waals surface area contributed by atoms with E-state index in [9.17, 15) is 0 Å². The summed E-state index contributed by atoms with van der Waals surface area (Å²) >= 11 is 0. The molecule has 2 N–H and O–H groups in total. The van der Waals surface area contributed by atoms with E-state index in [1.807, 2.05) is 12.1 Å². The number of rotatable bonds is 6. The quantitative estimate of drug-likeness (QED) is 0.605. The largest absolute Gasteiger partial charge is 0.444 e. The molecule has 1 saturated heterocycles. The molecule has 0 amide bonds. The van der Waals surface area contributed by atoms with Gasteiger partial charge < -0.3 is 20.0 Å². The Morgan fingerprint density at radius 1 is 1.22 bits per heavy atom. The number of piperidine rings is 1. The molecule has 1 aromatic carbocycles. The second-order valence-corrected chi connectivity index (χ2v) is 7.40. The summed E-state index contributed by atoms with van der Waals surface area (Å²) in [4.78, 5) is 11.3. The van der Waals surface area contributed by atoms with Crippen molar-refractivity contribution in [1.82, 2.24) is 20.5 Å². The van der Waals surface area contributed by atoms with Crippen LogP contribution in [0, 0.1) is 12.8 Å². The van der Waals surface area contributed by atoms with E-state index in [-0.39, 0.29) is 0 Å². The zero-order valence-corrected chi connectivity index (χ0v) is 16.7. The van der Waals surface area contributed by atoms with Crippen LogP contribution in [0.1, 0.15) is 30.5 Å². The number of nitrogens with zero attached hydrogens (tertiary/aromatic N) is 3. The van der Waals surface area contributed by atoms with Crippen LogP contribution in [0.2, 0.25) is 0 Å². The molecule has 1 aliphatic heterocycles. The van der Waals surface area contributed by atoms with Crippen LogP contribution >= 0.6 is 0 Å². The summed E-state index contributed by atoms with van der Waals surface area (Å²) < 4.78 is 5.61. The van der Waals surface area contributed by atoms with Crippen molar-refractivity contribution in [3.05, 3.63) is 41.8 Å². The van der Waals surface area contributed by atoms with Crippen LogP contribution in [0.15, 0.2) is 39.9 Å². The smallest absolute Gasteiger partial charge is 0.226 e. The maximum atomic E-state index is 5.61. The number of aromatic nitrogens is 1. The molecule has 1 aromatic heterocycles. The molecule has 0 spiro atoms. The van der Waals surface area contributed by atoms with Crippen LogP contribution in [0.25, 0.3) is 11.5 Å². The molecule has 6 heteroatoms. The highest BCUT2D eigenvalue weighted by atomic mass is 16.3. The molecule has 0 radical (unpaired) electrons. The molecule has 2 aromatic rings. The fourth-order valence-corrected chi connectivity index (χ4v) is 3.36. The van der Waals surface area contributed by atoms with Gasteiger partial charge in [-0.2, -0.15) is 0 Å². The van der Waals surface area contributed by atoms with E-state index in [0.717, 1.165) is 29.7 Å². The Labute approximate surface area is 162 Å². The molecule has 1 fully saturated rings. The van der Waals surface area contributed by atoms with Crippen molar-refractivity contribution in [1.29, 1.82) is 0 Å². The van der Waals surface area contributed by atoms with Crippen LogP contribution in [0.5, 0.6) is 0 Å². The minimum absolute atomic E-state index is 0.587. The first-order valence-corrected chi connectivity index (χ1v) is 9.78. The number of guanidine groups is 1. The highest BCUT2D eigenvalue weighted by Gasteiger charge is 2.16. The minimum Gasteiger partial charge on any atom is -0.444 e. The second kappa shape index (κ2) is 9.55. The zero-order valence-electron chi connectivity index (χ0n) is 16.7. The lowest BCUT2D eigenvalue weighted by atomic mass is 9.94. The Balaban J connectivity index is 1.42. The third kappa shape index (κ3) is 5.82. The van der Waals surface area contributed by atoms with Crippen LogP contribution < -0.4 is 10.6 Å². The topological polar surface area (TPSA) is 65.7 Å². The average Bonchev–Trinajstić information content (AvgIpc) is 3.15. The molecule has 146 valence electrons. The number of hydrogen-bond acceptors (Lipinski definition) is 4. The van der Waals surface area contributed by atoms with E-state index in [2.05, 4.69) is 51.6 Å². The first-order valence-electron chi connectivity index (χ1n) is 9.78. The number of oxazole rings is 1. The molecule has 6 nitrogen and oxygen atoms in total. The number of aryl methyl sites for hydroxylation is 1. The van der Waals surface area contributed by atoms with E-state index in [1.54, 1.807) is 13.3 Å². The van der Waals surface area contributed by atoms with Crippen molar-refractivity contribution in [2.24, 2.45) is 10.9 Å². The summed E-state index contributed by atoms with van der Waals surface area (Å²) in [6.45, 7) is 6.03. The van der Waals surface area contributed by atoms with Gasteiger partial charge in [0, 0.05) is 19.2 Å². The minimum atomic E-state index is 0.587. The predicted octanol–water partition coefficient (Wildman–Crippen LogP) is 3.05. The maximum absolute atomic E-state index is 5.61. The standard InChI is InChI=1S/C21H31N5O/c1-16-4-6-18(7-5-16)20-25-19(15-27-20)14-24-21(22-2)23-11-8-17-9-12-26(3)13-10-17/h4-7,15,17H,8-14H2,1-3H3,(H2,22,23,24). The molecule has 2 heterocycles. The van der Waals surface area contributed by atoms with Crippen LogP contribution in [-0.2, 0) is 6.54 Å². The number of nitrogens with one attached hydrogen (secondary N) is 2. The van der Waals surface area contributed by atoms with E-state index in [4.69, 9.17) is 4.42 Å². The Bertz CT molecular complexity index is 729. The summed E-state index contributed by atoms with van der Waals surface area (Å²) in [7, 11) is 4.00. The van der Waals surface area contributed by atoms with Crippen molar-refractivity contribution in [2.75, 3.05) is 33.7 Å². The fraction of sp³-hybridized carbons (Fsp3) is 0.524. The number of benzene rings is 1. The lowest BCUT2D eigenvalue weighted by Crippen LogP contribution is -2.38. The van der Waals surface area contributed by atoms with E-state index < -0.39 is 0 Å². The molecular weight excluding hydrogens is 338 g/mol. The molecule has 0 atom stereocenters. The fourth-order valence-electron chi connectivity index (χ4n) is 3.36. The average molecular weight is 370 g/mol. The summed E-state index contributed by atoms with van der Waals surface area (Å²) in [5.74, 6) is 2.28. The van der Waals surface area contributed by atoms with Gasteiger partial charge in [-0.25, -0.2) is 4.98 Å². The summed E-state index contributed by atoms with van der Waals surface area (Å²) in [6, 6.07) is 8.19. The molecular formula is C21H31N5O. The molecule has 0 aliphatic carbocycles. The van der Waals surface area contributed by atoms with Gasteiger partial charge in [0.25, 0.3) is 0 Å². The van der Waals surface area contributed by atoms with Gasteiger partial charge in [-0.15, -0.1) is 0 Å². The van der Waals surface area contributed by atoms with Crippen molar-refractivity contribution in [2.45, 2.75) is 32.7 Å². The van der Waals surface area contributed by atoms with Crippen LogP contribution in [-0.4, -0.2) is 49.6 Å². The molecule has 27 heavy (non-hydrogen) atoms. The van der Waals surface area contributed by atoms with Crippen molar-refractivity contribution < 1.29 is 4.42 Å². The zero-order chi connectivity index (χ0) is 19.1. The van der Waals surface area contributed by atoms with Gasteiger partial charge in [0.15, 0.2) is 5.96 Å². The summed E-state index contributed by atoms with van der Waals surface area (Å²) in [6.07, 6.45) is 5.49. The van der Waals surface area contributed by atoms with Crippen molar-refractivity contribution in [3.8, 4) is 11.5 Å². The van der Waals surface area contributed by atoms with Gasteiger partial charge in [0.1, 0.15) is 6.26 Å². The normalized spacial score (nSPS) is 16.5. The lowest BCUT2D eigenvalue weighted by molar-refractivity contribution is 0.213. The van der Waals surface area contributed by atoms with Crippen molar-refractivity contribution >= 4 is 5.96 Å². The first-order chi connectivity index (χ1) is 13.1. The Kier molecular flexibility index (Phi) is 6.87. The van der Waals surface area contributed by atoms with E-state index in [1.165, 1.54) is 37.9 Å². The van der Waals surface area contributed by atoms with Gasteiger partial charge in [0.2, 0.25) is 5.89 Å². The molecule has 0 bridgehead atoms. The highest BCUT2D eigenvalue weighted by molar-refractivity contribution is 5.79. The van der Waals surface area contributed by atoms with Crippen molar-refractivity contribution in [3.63, 3.8) is 0 Å². The highest BCUT2D eigenvalue weighted by Crippen LogP contribution is 2.19. The van der Waals surface area contributed by atoms with E-state index in [0.29, 0.717) is 12.4 Å². The third-order valence-corrected chi connectivity index (χ3v) is 5.19. The van der Waals surface area contributed by atoms with E-state index >= 15 is 0 Å². The number of hydrogen-bond donors (Lipinski definition) is 2. The van der Waals surface area contributed by atoms with Crippen LogP contribution in [0.3, 0.4) is 0 Å². The lowest BCUT2D eigenvalue weighted by Gasteiger charge is -2.29. The second-order valence-electron chi connectivity index (χ2n) is 7.40. The molecule has 1 aliphatic rings. The molecule has 3 rings (SSSR count). The Morgan fingerprint density at radius 2 is 1.96 bits per heavy atom. The third-order valence-electron chi connectivity index (χ3n) is 5.19. The van der Waals surface area contributed by atoms with Crippen LogP contribution in [0.4, 0.5) is 0 Å². The Morgan fingerprint density at radius 3 is 2.67 bits per heavy atom. The number of aliphatic imine (C=N–C) groups is 1. The monoisotopic (exact) mass is 369 g/mol. The summed E-state index contributed by atoms with van der Waals surface area (Å²) in [5.41, 5.74) is 3.08.